The summed E-state index contributed by atoms with van der Waals surface area (Å²) >= 11 is 0. The van der Waals surface area contributed by atoms with Crippen molar-refractivity contribution < 1.29 is 4.79 Å². The molecule has 2 aromatic carbocycles. The molecule has 2 atom stereocenters. The molecule has 1 aromatic heterocycles. The smallest absolute Gasteiger partial charge is 0.220 e. The van der Waals surface area contributed by atoms with E-state index in [9.17, 15) is 4.79 Å². The average Bonchev–Trinajstić information content (AvgIpc) is 3.27. The maximum atomic E-state index is 12.1. The predicted molar refractivity (Wildman–Crippen MR) is 103 cm³/mol. The van der Waals surface area contributed by atoms with Gasteiger partial charge in [0.1, 0.15) is 5.82 Å². The molecule has 0 aliphatic heterocycles. The van der Waals surface area contributed by atoms with Gasteiger partial charge in [-0.15, -0.1) is 0 Å². The highest BCUT2D eigenvalue weighted by Crippen LogP contribution is 2.26. The average molecular weight is 348 g/mol. The van der Waals surface area contributed by atoms with Gasteiger partial charge in [0.2, 0.25) is 5.91 Å². The van der Waals surface area contributed by atoms with Crippen molar-refractivity contribution in [1.82, 2.24) is 15.3 Å². The van der Waals surface area contributed by atoms with Crippen LogP contribution in [0.1, 0.15) is 31.2 Å². The number of carbonyl (C=O) groups is 1. The number of nitrogens with zero attached hydrogens (tertiary/aromatic N) is 1. The Labute approximate surface area is 153 Å². The van der Waals surface area contributed by atoms with Crippen LogP contribution in [-0.4, -0.2) is 21.9 Å². The Kier molecular flexibility index (Phi) is 4.71. The van der Waals surface area contributed by atoms with Gasteiger partial charge in [-0.2, -0.15) is 0 Å². The highest BCUT2D eigenvalue weighted by molar-refractivity contribution is 5.79. The third-order valence-electron chi connectivity index (χ3n) is 5.27. The molecule has 1 fully saturated rings. The summed E-state index contributed by atoms with van der Waals surface area (Å²) in [7, 11) is 0. The van der Waals surface area contributed by atoms with Crippen LogP contribution in [0.4, 0.5) is 0 Å². The van der Waals surface area contributed by atoms with Gasteiger partial charge in [-0.1, -0.05) is 42.8 Å². The minimum Gasteiger partial charge on any atom is -0.352 e. The highest BCUT2D eigenvalue weighted by atomic mass is 16.1. The summed E-state index contributed by atoms with van der Waals surface area (Å²) in [6, 6.07) is 16.3. The first kappa shape index (κ1) is 16.8. The lowest BCUT2D eigenvalue weighted by molar-refractivity contribution is -0.122. The van der Waals surface area contributed by atoms with Gasteiger partial charge in [-0.05, 0) is 36.5 Å². The maximum Gasteiger partial charge on any atom is 0.220 e. The molecular formula is C21H24N4O. The molecule has 5 nitrogen and oxygen atoms in total. The number of rotatable bonds is 5. The molecule has 1 heterocycles. The Morgan fingerprint density at radius 1 is 1.15 bits per heavy atom. The van der Waals surface area contributed by atoms with Crippen molar-refractivity contribution in [3.8, 4) is 11.4 Å². The Hall–Kier alpha value is -2.66. The summed E-state index contributed by atoms with van der Waals surface area (Å²) in [6.07, 6.45) is 3.79. The SMILES string of the molecule is N[C@@H]1CCC[C@H]1CC(=O)NCc1ccc(-c2nc3ccccc3[nH]2)cc1. The first-order valence-corrected chi connectivity index (χ1v) is 9.25. The van der Waals surface area contributed by atoms with E-state index in [4.69, 9.17) is 5.73 Å². The quantitative estimate of drug-likeness (QED) is 0.661. The van der Waals surface area contributed by atoms with E-state index in [1.54, 1.807) is 0 Å². The second kappa shape index (κ2) is 7.30. The normalized spacial score (nSPS) is 19.7. The molecule has 3 aromatic rings. The molecule has 5 heteroatoms. The van der Waals surface area contributed by atoms with Gasteiger partial charge in [0.25, 0.3) is 0 Å². The summed E-state index contributed by atoms with van der Waals surface area (Å²) in [5.74, 6) is 1.29. The number of imidazole rings is 1. The van der Waals surface area contributed by atoms with Crippen molar-refractivity contribution in [3.63, 3.8) is 0 Å². The van der Waals surface area contributed by atoms with Crippen molar-refractivity contribution in [3.05, 3.63) is 54.1 Å². The molecular weight excluding hydrogens is 324 g/mol. The molecule has 0 unspecified atom stereocenters. The Morgan fingerprint density at radius 3 is 2.69 bits per heavy atom. The lowest BCUT2D eigenvalue weighted by Crippen LogP contribution is -2.31. The zero-order valence-electron chi connectivity index (χ0n) is 14.7. The summed E-state index contributed by atoms with van der Waals surface area (Å²) < 4.78 is 0. The Bertz CT molecular complexity index is 867. The number of carbonyl (C=O) groups excluding carboxylic acids is 1. The van der Waals surface area contributed by atoms with Crippen LogP contribution in [0, 0.1) is 5.92 Å². The summed E-state index contributed by atoms with van der Waals surface area (Å²) in [4.78, 5) is 20.1. The summed E-state index contributed by atoms with van der Waals surface area (Å²) in [5.41, 5.74) is 10.2. The minimum atomic E-state index is 0.0914. The van der Waals surface area contributed by atoms with Crippen molar-refractivity contribution in [2.45, 2.75) is 38.3 Å². The van der Waals surface area contributed by atoms with E-state index < -0.39 is 0 Å². The number of fused-ring (bicyclic) bond motifs is 1. The molecule has 134 valence electrons. The van der Waals surface area contributed by atoms with Crippen LogP contribution in [0.5, 0.6) is 0 Å². The zero-order chi connectivity index (χ0) is 17.9. The van der Waals surface area contributed by atoms with Crippen LogP contribution < -0.4 is 11.1 Å². The van der Waals surface area contributed by atoms with Gasteiger partial charge in [0.05, 0.1) is 11.0 Å². The molecule has 0 spiro atoms. The van der Waals surface area contributed by atoms with Crippen LogP contribution in [0.25, 0.3) is 22.4 Å². The molecule has 1 aliphatic carbocycles. The number of amides is 1. The van der Waals surface area contributed by atoms with Crippen LogP contribution in [0.15, 0.2) is 48.5 Å². The van der Waals surface area contributed by atoms with Crippen LogP contribution in [0.3, 0.4) is 0 Å². The standard InChI is InChI=1S/C21H24N4O/c22-17-5-3-4-16(17)12-20(26)23-13-14-8-10-15(11-9-14)21-24-18-6-1-2-7-19(18)25-21/h1-2,6-11,16-17H,3-5,12-13,22H2,(H,23,26)(H,24,25)/t16-,17+/m0/s1. The molecule has 0 saturated heterocycles. The first-order valence-electron chi connectivity index (χ1n) is 9.25. The number of H-pyrrole nitrogens is 1. The number of aromatic nitrogens is 2. The van der Waals surface area contributed by atoms with Crippen LogP contribution >= 0.6 is 0 Å². The van der Waals surface area contributed by atoms with Crippen LogP contribution in [0.2, 0.25) is 0 Å². The Morgan fingerprint density at radius 2 is 1.96 bits per heavy atom. The van der Waals surface area contributed by atoms with Gasteiger partial charge < -0.3 is 16.0 Å². The maximum absolute atomic E-state index is 12.1. The van der Waals surface area contributed by atoms with Crippen molar-refractivity contribution in [1.29, 1.82) is 0 Å². The third-order valence-corrected chi connectivity index (χ3v) is 5.27. The zero-order valence-corrected chi connectivity index (χ0v) is 14.7. The number of aromatic amines is 1. The molecule has 1 aliphatic rings. The molecule has 1 amide bonds. The van der Waals surface area contributed by atoms with E-state index >= 15 is 0 Å². The van der Waals surface area contributed by atoms with Crippen molar-refractivity contribution in [2.75, 3.05) is 0 Å². The van der Waals surface area contributed by atoms with E-state index in [1.165, 1.54) is 0 Å². The summed E-state index contributed by atoms with van der Waals surface area (Å²) in [6.45, 7) is 0.543. The van der Waals surface area contributed by atoms with E-state index in [0.717, 1.165) is 47.2 Å². The lowest BCUT2D eigenvalue weighted by Gasteiger charge is -2.14. The fourth-order valence-electron chi connectivity index (χ4n) is 3.70. The summed E-state index contributed by atoms with van der Waals surface area (Å²) in [5, 5.41) is 3.01. The van der Waals surface area contributed by atoms with E-state index in [2.05, 4.69) is 15.3 Å². The molecule has 4 rings (SSSR count). The second-order valence-corrected chi connectivity index (χ2v) is 7.14. The van der Waals surface area contributed by atoms with Crippen LogP contribution in [-0.2, 0) is 11.3 Å². The molecule has 4 N–H and O–H groups in total. The molecule has 1 saturated carbocycles. The number of hydrogen-bond acceptors (Lipinski definition) is 3. The number of nitrogens with one attached hydrogen (secondary N) is 2. The van der Waals surface area contributed by atoms with E-state index in [1.807, 2.05) is 48.5 Å². The molecule has 0 radical (unpaired) electrons. The number of nitrogens with two attached hydrogens (primary N) is 1. The van der Waals surface area contributed by atoms with Gasteiger partial charge in [-0.3, -0.25) is 4.79 Å². The lowest BCUT2D eigenvalue weighted by atomic mass is 10.00. The van der Waals surface area contributed by atoms with Crippen molar-refractivity contribution >= 4 is 16.9 Å². The fraction of sp³-hybridized carbons (Fsp3) is 0.333. The molecule has 0 bridgehead atoms. The third kappa shape index (κ3) is 3.63. The van der Waals surface area contributed by atoms with E-state index in [0.29, 0.717) is 18.9 Å². The molecule has 26 heavy (non-hydrogen) atoms. The van der Waals surface area contributed by atoms with E-state index in [-0.39, 0.29) is 11.9 Å². The van der Waals surface area contributed by atoms with Crippen molar-refractivity contribution in [2.24, 2.45) is 11.7 Å². The van der Waals surface area contributed by atoms with Gasteiger partial charge >= 0.3 is 0 Å². The Balaban J connectivity index is 1.36. The number of hydrogen-bond donors (Lipinski definition) is 3. The second-order valence-electron chi connectivity index (χ2n) is 7.14. The first-order chi connectivity index (χ1) is 12.7. The fourth-order valence-corrected chi connectivity index (χ4v) is 3.70. The topological polar surface area (TPSA) is 83.8 Å². The van der Waals surface area contributed by atoms with Gasteiger partial charge in [0, 0.05) is 24.6 Å². The predicted octanol–water partition coefficient (Wildman–Crippen LogP) is 3.36. The minimum absolute atomic E-state index is 0.0914. The number of para-hydroxylation sites is 2. The largest absolute Gasteiger partial charge is 0.352 e. The monoisotopic (exact) mass is 348 g/mol. The number of benzene rings is 2. The van der Waals surface area contributed by atoms with Gasteiger partial charge in [-0.25, -0.2) is 4.98 Å². The van der Waals surface area contributed by atoms with Gasteiger partial charge in [0.15, 0.2) is 0 Å². The highest BCUT2D eigenvalue weighted by Gasteiger charge is 2.25.